The number of Topliss-reactive ketones (excluding diaryl/α,β-unsaturated/α-hetero) is 1. The molecule has 0 amide bonds. The second kappa shape index (κ2) is 9.17. The Morgan fingerprint density at radius 3 is 2.41 bits per heavy atom. The van der Waals surface area contributed by atoms with Gasteiger partial charge >= 0.3 is 5.97 Å². The first-order valence-electron chi connectivity index (χ1n) is 11.1. The number of carbonyl (C=O) groups excluding carboxylic acids is 2. The van der Waals surface area contributed by atoms with E-state index < -0.39 is 5.97 Å². The minimum atomic E-state index is -0.484. The minimum absolute atomic E-state index is 0.193. The van der Waals surface area contributed by atoms with Gasteiger partial charge in [0.25, 0.3) is 0 Å². The van der Waals surface area contributed by atoms with Gasteiger partial charge in [-0.05, 0) is 64.8 Å². The fourth-order valence-electron chi connectivity index (χ4n) is 4.59. The standard InChI is InChI=1S/C26H30N2O4/c1-17-13-23(19(3)27(17)15-22-11-8-12-31-22)25(29)16-32-26(30)24-14-18(2)28(20(24)4)21-9-6-5-7-10-21/h5-7,9-10,13-14,22H,8,11-12,15-16H2,1-4H3. The zero-order valence-corrected chi connectivity index (χ0v) is 19.2. The van der Waals surface area contributed by atoms with Crippen LogP contribution in [0.2, 0.25) is 0 Å². The monoisotopic (exact) mass is 434 g/mol. The zero-order chi connectivity index (χ0) is 22.8. The van der Waals surface area contributed by atoms with Crippen molar-refractivity contribution in [2.24, 2.45) is 0 Å². The van der Waals surface area contributed by atoms with E-state index in [-0.39, 0.29) is 18.5 Å². The van der Waals surface area contributed by atoms with Crippen LogP contribution < -0.4 is 0 Å². The van der Waals surface area contributed by atoms with Gasteiger partial charge in [0, 0.05) is 47.2 Å². The average Bonchev–Trinajstić information content (AvgIpc) is 3.47. The Bertz CT molecular complexity index is 1130. The number of ether oxygens (including phenoxy) is 2. The number of hydrogen-bond donors (Lipinski definition) is 0. The number of esters is 1. The Labute approximate surface area is 188 Å². The lowest BCUT2D eigenvalue weighted by molar-refractivity contribution is 0.0473. The van der Waals surface area contributed by atoms with Gasteiger partial charge < -0.3 is 18.6 Å². The molecule has 0 bridgehead atoms. The molecule has 1 aliphatic rings. The molecule has 0 saturated carbocycles. The predicted molar refractivity (Wildman–Crippen MR) is 123 cm³/mol. The molecule has 0 radical (unpaired) electrons. The summed E-state index contributed by atoms with van der Waals surface area (Å²) in [6.07, 6.45) is 2.32. The SMILES string of the molecule is Cc1cc(C(=O)COC(=O)c2cc(C)n(-c3ccccc3)c2C)c(C)n1CC1CCCO1. The fourth-order valence-corrected chi connectivity index (χ4v) is 4.59. The third-order valence-corrected chi connectivity index (χ3v) is 6.28. The van der Waals surface area contributed by atoms with Crippen molar-refractivity contribution < 1.29 is 19.1 Å². The Morgan fingerprint density at radius 1 is 1.00 bits per heavy atom. The number of nitrogens with zero attached hydrogens (tertiary/aromatic N) is 2. The summed E-state index contributed by atoms with van der Waals surface area (Å²) in [5, 5.41) is 0. The van der Waals surface area contributed by atoms with Gasteiger partial charge in [0.1, 0.15) is 0 Å². The molecule has 1 aliphatic heterocycles. The largest absolute Gasteiger partial charge is 0.454 e. The van der Waals surface area contributed by atoms with E-state index >= 15 is 0 Å². The fraction of sp³-hybridized carbons (Fsp3) is 0.385. The van der Waals surface area contributed by atoms with Crippen molar-refractivity contribution in [1.82, 2.24) is 9.13 Å². The maximum atomic E-state index is 12.9. The summed E-state index contributed by atoms with van der Waals surface area (Å²) in [6.45, 7) is 9.03. The molecule has 1 aromatic carbocycles. The van der Waals surface area contributed by atoms with E-state index in [1.54, 1.807) is 0 Å². The molecule has 0 aliphatic carbocycles. The molecule has 6 heteroatoms. The summed E-state index contributed by atoms with van der Waals surface area (Å²) in [7, 11) is 0. The number of ketones is 1. The summed E-state index contributed by atoms with van der Waals surface area (Å²) in [4.78, 5) is 25.6. The Morgan fingerprint density at radius 2 is 1.72 bits per heavy atom. The molecule has 1 unspecified atom stereocenters. The molecule has 1 fully saturated rings. The van der Waals surface area contributed by atoms with E-state index in [9.17, 15) is 9.59 Å². The van der Waals surface area contributed by atoms with E-state index in [0.717, 1.165) is 54.5 Å². The number of para-hydroxylation sites is 1. The van der Waals surface area contributed by atoms with E-state index in [0.29, 0.717) is 11.1 Å². The van der Waals surface area contributed by atoms with Crippen molar-refractivity contribution in [3.63, 3.8) is 0 Å². The second-order valence-corrected chi connectivity index (χ2v) is 8.49. The average molecular weight is 435 g/mol. The molecular weight excluding hydrogens is 404 g/mol. The van der Waals surface area contributed by atoms with Crippen LogP contribution in [0.15, 0.2) is 42.5 Å². The number of aromatic nitrogens is 2. The summed E-state index contributed by atoms with van der Waals surface area (Å²) < 4.78 is 15.3. The van der Waals surface area contributed by atoms with Crippen molar-refractivity contribution in [3.05, 3.63) is 76.4 Å². The van der Waals surface area contributed by atoms with Gasteiger partial charge in [0.05, 0.1) is 11.7 Å². The van der Waals surface area contributed by atoms with E-state index in [1.165, 1.54) is 0 Å². The Kier molecular flexibility index (Phi) is 6.33. The molecule has 6 nitrogen and oxygen atoms in total. The van der Waals surface area contributed by atoms with Crippen LogP contribution in [0.25, 0.3) is 5.69 Å². The number of rotatable bonds is 7. The maximum absolute atomic E-state index is 12.9. The molecule has 4 rings (SSSR count). The van der Waals surface area contributed by atoms with Gasteiger partial charge in [-0.15, -0.1) is 0 Å². The molecule has 0 N–H and O–H groups in total. The number of aryl methyl sites for hydroxylation is 2. The van der Waals surface area contributed by atoms with Crippen molar-refractivity contribution >= 4 is 11.8 Å². The van der Waals surface area contributed by atoms with Crippen LogP contribution in [0, 0.1) is 27.7 Å². The first kappa shape index (κ1) is 22.1. The van der Waals surface area contributed by atoms with Gasteiger partial charge in [-0.25, -0.2) is 4.79 Å². The Hall–Kier alpha value is -3.12. The third-order valence-electron chi connectivity index (χ3n) is 6.28. The lowest BCUT2D eigenvalue weighted by Crippen LogP contribution is -2.18. The number of carbonyl (C=O) groups is 2. The van der Waals surface area contributed by atoms with Crippen molar-refractivity contribution in [1.29, 1.82) is 0 Å². The summed E-state index contributed by atoms with van der Waals surface area (Å²) >= 11 is 0. The lowest BCUT2D eigenvalue weighted by atomic mass is 10.1. The highest BCUT2D eigenvalue weighted by Gasteiger charge is 2.23. The number of benzene rings is 1. The first-order valence-corrected chi connectivity index (χ1v) is 11.1. The molecule has 168 valence electrons. The van der Waals surface area contributed by atoms with Crippen LogP contribution in [0.3, 0.4) is 0 Å². The topological polar surface area (TPSA) is 62.5 Å². The summed E-state index contributed by atoms with van der Waals surface area (Å²) in [6, 6.07) is 13.5. The van der Waals surface area contributed by atoms with Crippen LogP contribution in [0.1, 0.15) is 56.3 Å². The van der Waals surface area contributed by atoms with Gasteiger partial charge in [0.2, 0.25) is 5.78 Å². The van der Waals surface area contributed by atoms with E-state index in [4.69, 9.17) is 9.47 Å². The second-order valence-electron chi connectivity index (χ2n) is 8.49. The summed E-state index contributed by atoms with van der Waals surface area (Å²) in [5.74, 6) is -0.677. The predicted octanol–water partition coefficient (Wildman–Crippen LogP) is 4.73. The molecule has 2 aromatic heterocycles. The van der Waals surface area contributed by atoms with Crippen LogP contribution >= 0.6 is 0 Å². The molecule has 1 atom stereocenters. The maximum Gasteiger partial charge on any atom is 0.340 e. The normalized spacial score (nSPS) is 15.8. The van der Waals surface area contributed by atoms with Gasteiger partial charge in [-0.1, -0.05) is 18.2 Å². The highest BCUT2D eigenvalue weighted by Crippen LogP contribution is 2.23. The number of hydrogen-bond acceptors (Lipinski definition) is 4. The molecule has 1 saturated heterocycles. The van der Waals surface area contributed by atoms with Gasteiger partial charge in [-0.3, -0.25) is 4.79 Å². The zero-order valence-electron chi connectivity index (χ0n) is 19.2. The van der Waals surface area contributed by atoms with E-state index in [1.807, 2.05) is 74.7 Å². The van der Waals surface area contributed by atoms with Crippen LogP contribution in [-0.4, -0.2) is 40.2 Å². The molecule has 32 heavy (non-hydrogen) atoms. The highest BCUT2D eigenvalue weighted by molar-refractivity contribution is 6.00. The molecule has 3 aromatic rings. The molecule has 3 heterocycles. The summed E-state index contributed by atoms with van der Waals surface area (Å²) in [5.41, 5.74) is 5.69. The molecule has 0 spiro atoms. The van der Waals surface area contributed by atoms with Crippen LogP contribution in [-0.2, 0) is 16.0 Å². The van der Waals surface area contributed by atoms with E-state index in [2.05, 4.69) is 4.57 Å². The highest BCUT2D eigenvalue weighted by atomic mass is 16.5. The van der Waals surface area contributed by atoms with Crippen molar-refractivity contribution in [3.8, 4) is 5.69 Å². The lowest BCUT2D eigenvalue weighted by Gasteiger charge is -2.14. The van der Waals surface area contributed by atoms with Gasteiger partial charge in [-0.2, -0.15) is 0 Å². The van der Waals surface area contributed by atoms with Crippen molar-refractivity contribution in [2.75, 3.05) is 13.2 Å². The smallest absolute Gasteiger partial charge is 0.340 e. The van der Waals surface area contributed by atoms with Crippen molar-refractivity contribution in [2.45, 2.75) is 53.2 Å². The van der Waals surface area contributed by atoms with Crippen LogP contribution in [0.5, 0.6) is 0 Å². The first-order chi connectivity index (χ1) is 15.4. The minimum Gasteiger partial charge on any atom is -0.454 e. The van der Waals surface area contributed by atoms with Crippen LogP contribution in [0.4, 0.5) is 0 Å². The third kappa shape index (κ3) is 4.28. The Balaban J connectivity index is 1.45. The van der Waals surface area contributed by atoms with Gasteiger partial charge in [0.15, 0.2) is 6.61 Å². The molecular formula is C26H30N2O4. The quantitative estimate of drug-likeness (QED) is 0.398.